The topological polar surface area (TPSA) is 29.0 Å². The zero-order chi connectivity index (χ0) is 13.7. The molecule has 0 atom stereocenters. The second kappa shape index (κ2) is 4.71. The summed E-state index contributed by atoms with van der Waals surface area (Å²) in [5.74, 6) is 2.37. The third-order valence-corrected chi connectivity index (χ3v) is 4.54. The number of anilines is 1. The molecule has 2 aromatic rings. The van der Waals surface area contributed by atoms with Crippen molar-refractivity contribution in [3.05, 3.63) is 50.8 Å². The third-order valence-electron chi connectivity index (χ3n) is 3.86. The van der Waals surface area contributed by atoms with Gasteiger partial charge in [0, 0.05) is 29.5 Å². The van der Waals surface area contributed by atoms with Gasteiger partial charge in [-0.1, -0.05) is 33.6 Å². The second-order valence-electron chi connectivity index (χ2n) is 5.45. The SMILES string of the molecule is Clc1cc(N2Cc3ccc(Br)cc3C2)nc(C2CC2)n1. The van der Waals surface area contributed by atoms with E-state index in [0.29, 0.717) is 11.1 Å². The summed E-state index contributed by atoms with van der Waals surface area (Å²) in [5, 5.41) is 0.550. The molecule has 20 heavy (non-hydrogen) atoms. The van der Waals surface area contributed by atoms with Gasteiger partial charge in [0.05, 0.1) is 0 Å². The van der Waals surface area contributed by atoms with Gasteiger partial charge in [-0.2, -0.15) is 0 Å². The molecule has 1 fully saturated rings. The molecule has 102 valence electrons. The van der Waals surface area contributed by atoms with Crippen molar-refractivity contribution in [2.24, 2.45) is 0 Å². The first kappa shape index (κ1) is 12.6. The van der Waals surface area contributed by atoms with E-state index >= 15 is 0 Å². The highest BCUT2D eigenvalue weighted by Crippen LogP contribution is 2.39. The Kier molecular flexibility index (Phi) is 2.97. The zero-order valence-electron chi connectivity index (χ0n) is 10.8. The summed E-state index contributed by atoms with van der Waals surface area (Å²) in [4.78, 5) is 11.3. The molecular formula is C15H13BrClN3. The molecule has 0 N–H and O–H groups in total. The second-order valence-corrected chi connectivity index (χ2v) is 6.75. The van der Waals surface area contributed by atoms with Crippen LogP contribution in [0.25, 0.3) is 0 Å². The van der Waals surface area contributed by atoms with Crippen LogP contribution < -0.4 is 4.90 Å². The number of halogens is 2. The maximum atomic E-state index is 6.15. The Morgan fingerprint density at radius 3 is 2.70 bits per heavy atom. The molecule has 2 heterocycles. The summed E-state index contributed by atoms with van der Waals surface area (Å²) in [6.45, 7) is 1.77. The number of benzene rings is 1. The minimum absolute atomic E-state index is 0.520. The highest BCUT2D eigenvalue weighted by molar-refractivity contribution is 9.10. The Hall–Kier alpha value is -1.13. The number of aromatic nitrogens is 2. The predicted octanol–water partition coefficient (Wildman–Crippen LogP) is 4.29. The van der Waals surface area contributed by atoms with Gasteiger partial charge < -0.3 is 4.90 Å². The van der Waals surface area contributed by atoms with Crippen molar-refractivity contribution in [1.82, 2.24) is 9.97 Å². The lowest BCUT2D eigenvalue weighted by Gasteiger charge is -2.17. The maximum Gasteiger partial charge on any atom is 0.135 e. The van der Waals surface area contributed by atoms with Crippen molar-refractivity contribution in [3.8, 4) is 0 Å². The Morgan fingerprint density at radius 1 is 1.10 bits per heavy atom. The maximum absolute atomic E-state index is 6.15. The average Bonchev–Trinajstić information content (AvgIpc) is 3.18. The van der Waals surface area contributed by atoms with Crippen molar-refractivity contribution in [2.75, 3.05) is 4.90 Å². The first-order valence-electron chi connectivity index (χ1n) is 6.76. The lowest BCUT2D eigenvalue weighted by atomic mass is 10.1. The molecule has 1 aromatic carbocycles. The molecule has 1 saturated carbocycles. The zero-order valence-corrected chi connectivity index (χ0v) is 13.2. The van der Waals surface area contributed by atoms with Gasteiger partial charge in [-0.15, -0.1) is 0 Å². The smallest absolute Gasteiger partial charge is 0.135 e. The lowest BCUT2D eigenvalue weighted by molar-refractivity contribution is 0.826. The molecular weight excluding hydrogens is 338 g/mol. The number of fused-ring (bicyclic) bond motifs is 1. The number of hydrogen-bond acceptors (Lipinski definition) is 3. The normalized spacial score (nSPS) is 17.4. The third kappa shape index (κ3) is 2.31. The first-order valence-corrected chi connectivity index (χ1v) is 7.93. The largest absolute Gasteiger partial charge is 0.348 e. The summed E-state index contributed by atoms with van der Waals surface area (Å²) in [7, 11) is 0. The molecule has 0 bridgehead atoms. The highest BCUT2D eigenvalue weighted by Gasteiger charge is 2.28. The molecule has 1 aromatic heterocycles. The quantitative estimate of drug-likeness (QED) is 0.757. The molecule has 2 aliphatic rings. The van der Waals surface area contributed by atoms with Crippen molar-refractivity contribution in [2.45, 2.75) is 31.8 Å². The van der Waals surface area contributed by atoms with Crippen LogP contribution in [0.4, 0.5) is 5.82 Å². The van der Waals surface area contributed by atoms with Crippen LogP contribution >= 0.6 is 27.5 Å². The van der Waals surface area contributed by atoms with Crippen LogP contribution in [0.2, 0.25) is 5.15 Å². The molecule has 0 spiro atoms. The van der Waals surface area contributed by atoms with E-state index in [1.807, 2.05) is 6.07 Å². The average molecular weight is 351 g/mol. The first-order chi connectivity index (χ1) is 9.69. The van der Waals surface area contributed by atoms with Crippen LogP contribution in [0.5, 0.6) is 0 Å². The monoisotopic (exact) mass is 349 g/mol. The van der Waals surface area contributed by atoms with Gasteiger partial charge in [-0.3, -0.25) is 0 Å². The molecule has 0 saturated heterocycles. The Labute approximate surface area is 131 Å². The van der Waals surface area contributed by atoms with Crippen LogP contribution in [0.1, 0.15) is 35.7 Å². The van der Waals surface area contributed by atoms with Crippen LogP contribution in [0.3, 0.4) is 0 Å². The van der Waals surface area contributed by atoms with E-state index in [1.165, 1.54) is 24.0 Å². The molecule has 1 aliphatic heterocycles. The minimum Gasteiger partial charge on any atom is -0.348 e. The van der Waals surface area contributed by atoms with E-state index in [1.54, 1.807) is 0 Å². The Balaban J connectivity index is 1.66. The molecule has 3 nitrogen and oxygen atoms in total. The fraction of sp³-hybridized carbons (Fsp3) is 0.333. The molecule has 0 unspecified atom stereocenters. The summed E-state index contributed by atoms with van der Waals surface area (Å²) < 4.78 is 1.12. The van der Waals surface area contributed by atoms with E-state index < -0.39 is 0 Å². The highest BCUT2D eigenvalue weighted by atomic mass is 79.9. The number of hydrogen-bond donors (Lipinski definition) is 0. The number of rotatable bonds is 2. The molecule has 4 rings (SSSR count). The Bertz CT molecular complexity index is 685. The summed E-state index contributed by atoms with van der Waals surface area (Å²) in [5.41, 5.74) is 2.71. The van der Waals surface area contributed by atoms with Crippen molar-refractivity contribution >= 4 is 33.3 Å². The Morgan fingerprint density at radius 2 is 1.90 bits per heavy atom. The van der Waals surface area contributed by atoms with E-state index in [-0.39, 0.29) is 0 Å². The minimum atomic E-state index is 0.520. The van der Waals surface area contributed by atoms with Gasteiger partial charge in [0.15, 0.2) is 0 Å². The van der Waals surface area contributed by atoms with E-state index in [9.17, 15) is 0 Å². The number of nitrogens with zero attached hydrogens (tertiary/aromatic N) is 3. The molecule has 5 heteroatoms. The van der Waals surface area contributed by atoms with Crippen molar-refractivity contribution < 1.29 is 0 Å². The van der Waals surface area contributed by atoms with E-state index in [0.717, 1.165) is 29.2 Å². The lowest BCUT2D eigenvalue weighted by Crippen LogP contribution is -2.17. The van der Waals surface area contributed by atoms with Crippen LogP contribution in [0.15, 0.2) is 28.7 Å². The van der Waals surface area contributed by atoms with E-state index in [4.69, 9.17) is 16.6 Å². The van der Waals surface area contributed by atoms with Crippen LogP contribution in [-0.4, -0.2) is 9.97 Å². The summed E-state index contributed by atoms with van der Waals surface area (Å²) in [6.07, 6.45) is 2.37. The van der Waals surface area contributed by atoms with Gasteiger partial charge in [0.1, 0.15) is 16.8 Å². The summed E-state index contributed by atoms with van der Waals surface area (Å²) >= 11 is 9.68. The fourth-order valence-electron chi connectivity index (χ4n) is 2.63. The van der Waals surface area contributed by atoms with Gasteiger partial charge in [0.2, 0.25) is 0 Å². The van der Waals surface area contributed by atoms with Crippen LogP contribution in [0, 0.1) is 0 Å². The van der Waals surface area contributed by atoms with Gasteiger partial charge in [-0.05, 0) is 36.1 Å². The predicted molar refractivity (Wildman–Crippen MR) is 83.0 cm³/mol. The molecule has 0 amide bonds. The van der Waals surface area contributed by atoms with Gasteiger partial charge in [0.25, 0.3) is 0 Å². The van der Waals surface area contributed by atoms with Crippen LogP contribution in [-0.2, 0) is 13.1 Å². The molecule has 0 radical (unpaired) electrons. The summed E-state index contributed by atoms with van der Waals surface area (Å²) in [6, 6.07) is 8.31. The van der Waals surface area contributed by atoms with Crippen molar-refractivity contribution in [3.63, 3.8) is 0 Å². The fourth-order valence-corrected chi connectivity index (χ4v) is 3.23. The van der Waals surface area contributed by atoms with E-state index in [2.05, 4.69) is 44.0 Å². The van der Waals surface area contributed by atoms with Crippen molar-refractivity contribution in [1.29, 1.82) is 0 Å². The molecule has 1 aliphatic carbocycles. The van der Waals surface area contributed by atoms with Gasteiger partial charge in [-0.25, -0.2) is 9.97 Å². The standard InChI is InChI=1S/C15H13BrClN3/c16-12-4-3-10-7-20(8-11(10)5-12)14-6-13(17)18-15(19-14)9-1-2-9/h3-6,9H,1-2,7-8H2. The van der Waals surface area contributed by atoms with Gasteiger partial charge >= 0.3 is 0 Å².